The van der Waals surface area contributed by atoms with Gasteiger partial charge < -0.3 is 9.73 Å². The van der Waals surface area contributed by atoms with Crippen molar-refractivity contribution in [3.05, 3.63) is 52.7 Å². The molecular formula is C12H13ClN2O. The van der Waals surface area contributed by atoms with Gasteiger partial charge in [0, 0.05) is 18.9 Å². The van der Waals surface area contributed by atoms with Crippen molar-refractivity contribution in [2.24, 2.45) is 0 Å². The van der Waals surface area contributed by atoms with Gasteiger partial charge in [-0.1, -0.05) is 0 Å². The van der Waals surface area contributed by atoms with Crippen molar-refractivity contribution in [2.75, 3.05) is 0 Å². The van der Waals surface area contributed by atoms with Crippen molar-refractivity contribution >= 4 is 11.6 Å². The molecule has 4 heteroatoms. The Bertz CT molecular complexity index is 468. The van der Waals surface area contributed by atoms with Gasteiger partial charge in [0.1, 0.15) is 5.76 Å². The Morgan fingerprint density at radius 3 is 2.88 bits per heavy atom. The van der Waals surface area contributed by atoms with Crippen LogP contribution in [-0.4, -0.2) is 4.98 Å². The molecule has 0 spiro atoms. The lowest BCUT2D eigenvalue weighted by molar-refractivity contribution is 0.484. The molecule has 1 N–H and O–H groups in total. The average Bonchev–Trinajstić information content (AvgIpc) is 2.67. The number of furan rings is 1. The Balaban J connectivity index is 1.87. The topological polar surface area (TPSA) is 38.1 Å². The molecule has 0 radical (unpaired) electrons. The minimum Gasteiger partial charge on any atom is -0.448 e. The third-order valence-corrected chi connectivity index (χ3v) is 2.58. The number of nitrogens with one attached hydrogen (secondary N) is 1. The summed E-state index contributed by atoms with van der Waals surface area (Å²) in [4.78, 5) is 4.05. The Hall–Kier alpha value is -1.32. The number of halogens is 1. The van der Waals surface area contributed by atoms with E-state index in [2.05, 4.69) is 10.3 Å². The summed E-state index contributed by atoms with van der Waals surface area (Å²) in [7, 11) is 0. The highest BCUT2D eigenvalue weighted by Crippen LogP contribution is 2.13. The molecule has 0 saturated carbocycles. The summed E-state index contributed by atoms with van der Waals surface area (Å²) in [6.07, 6.45) is 3.66. The number of hydrogen-bond donors (Lipinski definition) is 1. The quantitative estimate of drug-likeness (QED) is 0.887. The fourth-order valence-electron chi connectivity index (χ4n) is 1.47. The monoisotopic (exact) mass is 236 g/mol. The van der Waals surface area contributed by atoms with Crippen LogP contribution in [0, 0.1) is 6.92 Å². The minimum atomic E-state index is 0.428. The number of nitrogens with zero attached hydrogens (tertiary/aromatic N) is 1. The van der Waals surface area contributed by atoms with E-state index in [1.54, 1.807) is 12.3 Å². The average molecular weight is 237 g/mol. The molecular weight excluding hydrogens is 224 g/mol. The molecule has 2 heterocycles. The summed E-state index contributed by atoms with van der Waals surface area (Å²) < 4.78 is 5.24. The van der Waals surface area contributed by atoms with Crippen molar-refractivity contribution in [3.63, 3.8) is 0 Å². The van der Waals surface area contributed by atoms with Gasteiger partial charge in [0.15, 0.2) is 5.22 Å². The first-order valence-corrected chi connectivity index (χ1v) is 5.48. The van der Waals surface area contributed by atoms with Crippen LogP contribution in [0.15, 0.2) is 35.0 Å². The zero-order valence-electron chi connectivity index (χ0n) is 9.03. The molecule has 0 saturated heterocycles. The van der Waals surface area contributed by atoms with E-state index in [9.17, 15) is 0 Å². The van der Waals surface area contributed by atoms with E-state index < -0.39 is 0 Å². The number of aromatic nitrogens is 1. The Morgan fingerprint density at radius 1 is 1.31 bits per heavy atom. The van der Waals surface area contributed by atoms with Gasteiger partial charge in [0.2, 0.25) is 0 Å². The first kappa shape index (κ1) is 11.2. The van der Waals surface area contributed by atoms with Crippen molar-refractivity contribution in [1.82, 2.24) is 10.3 Å². The van der Waals surface area contributed by atoms with Crippen LogP contribution in [0.1, 0.15) is 16.9 Å². The molecule has 0 bridgehead atoms. The number of aryl methyl sites for hydroxylation is 1. The number of rotatable bonds is 4. The van der Waals surface area contributed by atoms with E-state index in [0.29, 0.717) is 11.8 Å². The maximum atomic E-state index is 5.68. The summed E-state index contributed by atoms with van der Waals surface area (Å²) in [6.45, 7) is 3.52. The summed E-state index contributed by atoms with van der Waals surface area (Å²) in [5.41, 5.74) is 2.43. The summed E-state index contributed by atoms with van der Waals surface area (Å²) >= 11 is 5.68. The predicted octanol–water partition coefficient (Wildman–Crippen LogP) is 2.93. The second-order valence-corrected chi connectivity index (χ2v) is 3.98. The lowest BCUT2D eigenvalue weighted by atomic mass is 10.1. The van der Waals surface area contributed by atoms with Gasteiger partial charge in [-0.05, 0) is 47.9 Å². The van der Waals surface area contributed by atoms with Crippen LogP contribution < -0.4 is 5.32 Å². The highest BCUT2D eigenvalue weighted by Gasteiger charge is 2.00. The normalized spacial score (nSPS) is 10.6. The van der Waals surface area contributed by atoms with E-state index in [0.717, 1.165) is 12.3 Å². The zero-order valence-corrected chi connectivity index (χ0v) is 9.79. The van der Waals surface area contributed by atoms with Gasteiger partial charge in [-0.25, -0.2) is 0 Å². The summed E-state index contributed by atoms with van der Waals surface area (Å²) in [5.74, 6) is 0.844. The maximum Gasteiger partial charge on any atom is 0.193 e. The smallest absolute Gasteiger partial charge is 0.193 e. The van der Waals surface area contributed by atoms with Crippen LogP contribution in [0.4, 0.5) is 0 Å². The van der Waals surface area contributed by atoms with Gasteiger partial charge in [0.25, 0.3) is 0 Å². The van der Waals surface area contributed by atoms with E-state index in [-0.39, 0.29) is 0 Å². The largest absolute Gasteiger partial charge is 0.448 e. The van der Waals surface area contributed by atoms with Crippen LogP contribution in [0.25, 0.3) is 0 Å². The predicted molar refractivity (Wildman–Crippen MR) is 63.2 cm³/mol. The van der Waals surface area contributed by atoms with Crippen LogP contribution >= 0.6 is 11.6 Å². The third-order valence-electron chi connectivity index (χ3n) is 2.38. The van der Waals surface area contributed by atoms with Gasteiger partial charge in [-0.2, -0.15) is 0 Å². The standard InChI is InChI=1S/C12H13ClN2O/c1-9-6-14-5-4-10(9)7-15-8-11-2-3-12(13)16-11/h2-6,15H,7-8H2,1H3. The van der Waals surface area contributed by atoms with Crippen molar-refractivity contribution in [3.8, 4) is 0 Å². The lowest BCUT2D eigenvalue weighted by Crippen LogP contribution is -2.13. The molecule has 0 amide bonds. The number of pyridine rings is 1. The maximum absolute atomic E-state index is 5.68. The van der Waals surface area contributed by atoms with Gasteiger partial charge in [-0.3, -0.25) is 4.98 Å². The number of hydrogen-bond acceptors (Lipinski definition) is 3. The van der Waals surface area contributed by atoms with Crippen molar-refractivity contribution < 1.29 is 4.42 Å². The molecule has 2 rings (SSSR count). The van der Waals surface area contributed by atoms with Gasteiger partial charge in [-0.15, -0.1) is 0 Å². The highest BCUT2D eigenvalue weighted by molar-refractivity contribution is 6.28. The minimum absolute atomic E-state index is 0.428. The lowest BCUT2D eigenvalue weighted by Gasteiger charge is -2.05. The molecule has 84 valence electrons. The summed E-state index contributed by atoms with van der Waals surface area (Å²) in [6, 6.07) is 5.63. The first-order valence-electron chi connectivity index (χ1n) is 5.10. The molecule has 0 aliphatic heterocycles. The zero-order chi connectivity index (χ0) is 11.4. The second-order valence-electron chi connectivity index (χ2n) is 3.61. The van der Waals surface area contributed by atoms with E-state index in [1.807, 2.05) is 25.3 Å². The molecule has 0 unspecified atom stereocenters. The molecule has 0 fully saturated rings. The van der Waals surface area contributed by atoms with Crippen LogP contribution in [0.5, 0.6) is 0 Å². The molecule has 0 aliphatic rings. The fourth-order valence-corrected chi connectivity index (χ4v) is 1.63. The van der Waals surface area contributed by atoms with Gasteiger partial charge in [0.05, 0.1) is 6.54 Å². The van der Waals surface area contributed by atoms with Gasteiger partial charge >= 0.3 is 0 Å². The Morgan fingerprint density at radius 2 is 2.19 bits per heavy atom. The molecule has 2 aromatic heterocycles. The fraction of sp³-hybridized carbons (Fsp3) is 0.250. The van der Waals surface area contributed by atoms with Crippen molar-refractivity contribution in [1.29, 1.82) is 0 Å². The molecule has 0 aromatic carbocycles. The Kier molecular flexibility index (Phi) is 3.59. The molecule has 16 heavy (non-hydrogen) atoms. The van der Waals surface area contributed by atoms with E-state index in [1.165, 1.54) is 11.1 Å². The van der Waals surface area contributed by atoms with Crippen LogP contribution in [0.3, 0.4) is 0 Å². The van der Waals surface area contributed by atoms with Crippen LogP contribution in [0.2, 0.25) is 5.22 Å². The third kappa shape index (κ3) is 2.84. The highest BCUT2D eigenvalue weighted by atomic mass is 35.5. The Labute approximate surface area is 99.5 Å². The molecule has 0 aliphatic carbocycles. The molecule has 3 nitrogen and oxygen atoms in total. The van der Waals surface area contributed by atoms with Crippen molar-refractivity contribution in [2.45, 2.75) is 20.0 Å². The van der Waals surface area contributed by atoms with E-state index in [4.69, 9.17) is 16.0 Å². The first-order chi connectivity index (χ1) is 7.75. The molecule has 2 aromatic rings. The van der Waals surface area contributed by atoms with Crippen LogP contribution in [-0.2, 0) is 13.1 Å². The second kappa shape index (κ2) is 5.14. The molecule has 0 atom stereocenters. The van der Waals surface area contributed by atoms with E-state index >= 15 is 0 Å². The summed E-state index contributed by atoms with van der Waals surface area (Å²) in [5, 5.41) is 3.72. The SMILES string of the molecule is Cc1cnccc1CNCc1ccc(Cl)o1.